The number of halogens is 4. The Morgan fingerprint density at radius 2 is 1.48 bits per heavy atom. The van der Waals surface area contributed by atoms with Crippen LogP contribution in [0.5, 0.6) is 11.5 Å². The number of nitrogens with one attached hydrogen (secondary N) is 3. The summed E-state index contributed by atoms with van der Waals surface area (Å²) in [5.74, 6) is -1.03. The van der Waals surface area contributed by atoms with E-state index in [4.69, 9.17) is 21.1 Å². The van der Waals surface area contributed by atoms with Gasteiger partial charge < -0.3 is 25.4 Å². The number of hydrogen-bond donors (Lipinski definition) is 3. The molecule has 0 aliphatic heterocycles. The van der Waals surface area contributed by atoms with Crippen LogP contribution in [0.2, 0.25) is 5.02 Å². The molecule has 0 aliphatic carbocycles. The molecule has 0 spiro atoms. The van der Waals surface area contributed by atoms with Crippen LogP contribution in [-0.4, -0.2) is 31.9 Å². The Labute approximate surface area is 307 Å². The van der Waals surface area contributed by atoms with E-state index in [9.17, 15) is 27.6 Å². The molecule has 0 aliphatic rings. The minimum absolute atomic E-state index is 0.0577. The summed E-state index contributed by atoms with van der Waals surface area (Å²) in [7, 11) is 2.94. The highest BCUT2D eigenvalue weighted by Crippen LogP contribution is 2.39. The van der Waals surface area contributed by atoms with E-state index >= 15 is 0 Å². The third-order valence-corrected chi connectivity index (χ3v) is 9.08. The van der Waals surface area contributed by atoms with Gasteiger partial charge in [-0.3, -0.25) is 14.4 Å². The van der Waals surface area contributed by atoms with Gasteiger partial charge in [0.15, 0.2) is 11.5 Å². The van der Waals surface area contributed by atoms with Gasteiger partial charge >= 0.3 is 6.18 Å². The summed E-state index contributed by atoms with van der Waals surface area (Å²) in [6, 6.07) is 31.5. The molecule has 5 aromatic carbocycles. The van der Waals surface area contributed by atoms with Crippen molar-refractivity contribution in [3.63, 3.8) is 0 Å². The van der Waals surface area contributed by atoms with Crippen LogP contribution in [0.1, 0.15) is 32.3 Å². The number of hydrogen-bond acceptors (Lipinski definition) is 6. The number of amides is 3. The molecular formula is C39H31ClF3N3O5S. The van der Waals surface area contributed by atoms with Crippen molar-refractivity contribution in [2.24, 2.45) is 0 Å². The SMILES string of the molecule is COc1cccc(/C=C(/NC(=O)c2ccccc2)C(=O)Nc2cccc(SC(C(=O)Nc3cc(C(F)(F)F)ccc3Cl)c3ccccc3)c2)c1OC. The molecule has 0 saturated carbocycles. The van der Waals surface area contributed by atoms with E-state index in [-0.39, 0.29) is 16.4 Å². The van der Waals surface area contributed by atoms with E-state index in [1.165, 1.54) is 20.3 Å². The molecule has 13 heteroatoms. The number of ether oxygens (including phenoxy) is 2. The van der Waals surface area contributed by atoms with Crippen molar-refractivity contribution < 1.29 is 37.0 Å². The van der Waals surface area contributed by atoms with E-state index in [0.717, 1.165) is 30.0 Å². The number of carbonyl (C=O) groups excluding carboxylic acids is 3. The van der Waals surface area contributed by atoms with Crippen molar-refractivity contribution in [3.8, 4) is 11.5 Å². The summed E-state index contributed by atoms with van der Waals surface area (Å²) in [6.45, 7) is 0. The molecular weight excluding hydrogens is 715 g/mol. The Kier molecular flexibility index (Phi) is 12.3. The van der Waals surface area contributed by atoms with Gasteiger partial charge in [0.1, 0.15) is 10.9 Å². The number of rotatable bonds is 12. The van der Waals surface area contributed by atoms with Gasteiger partial charge in [0.25, 0.3) is 11.8 Å². The van der Waals surface area contributed by atoms with Crippen LogP contribution in [0.25, 0.3) is 6.08 Å². The number of carbonyl (C=O) groups is 3. The van der Waals surface area contributed by atoms with Crippen LogP contribution in [0.15, 0.2) is 132 Å². The summed E-state index contributed by atoms with van der Waals surface area (Å²) in [5.41, 5.74) is 0.449. The number of benzene rings is 5. The molecule has 8 nitrogen and oxygen atoms in total. The summed E-state index contributed by atoms with van der Waals surface area (Å²) in [4.78, 5) is 41.2. The highest BCUT2D eigenvalue weighted by atomic mass is 35.5. The molecule has 1 unspecified atom stereocenters. The molecule has 1 atom stereocenters. The lowest BCUT2D eigenvalue weighted by atomic mass is 10.1. The minimum atomic E-state index is -4.64. The fourth-order valence-electron chi connectivity index (χ4n) is 5.00. The summed E-state index contributed by atoms with van der Waals surface area (Å²) in [6.07, 6.45) is -3.17. The van der Waals surface area contributed by atoms with E-state index in [1.54, 1.807) is 103 Å². The van der Waals surface area contributed by atoms with Gasteiger partial charge in [0, 0.05) is 21.7 Å². The second-order valence-corrected chi connectivity index (χ2v) is 12.6. The molecule has 0 bridgehead atoms. The quantitative estimate of drug-likeness (QED) is 0.0869. The molecule has 0 heterocycles. The molecule has 5 aromatic rings. The van der Waals surface area contributed by atoms with Crippen molar-refractivity contribution in [1.82, 2.24) is 5.32 Å². The van der Waals surface area contributed by atoms with Crippen LogP contribution in [0.4, 0.5) is 24.5 Å². The maximum absolute atomic E-state index is 13.8. The number of anilines is 2. The first-order valence-electron chi connectivity index (χ1n) is 15.6. The van der Waals surface area contributed by atoms with Crippen molar-refractivity contribution in [1.29, 1.82) is 0 Å². The zero-order chi connectivity index (χ0) is 37.3. The van der Waals surface area contributed by atoms with E-state index < -0.39 is 34.7 Å². The fraction of sp³-hybridized carbons (Fsp3) is 0.103. The van der Waals surface area contributed by atoms with Crippen LogP contribution in [0, 0.1) is 0 Å². The van der Waals surface area contributed by atoms with Crippen molar-refractivity contribution in [2.45, 2.75) is 16.3 Å². The van der Waals surface area contributed by atoms with Gasteiger partial charge in [-0.1, -0.05) is 78.3 Å². The van der Waals surface area contributed by atoms with Crippen LogP contribution in [0.3, 0.4) is 0 Å². The lowest BCUT2D eigenvalue weighted by Gasteiger charge is -2.19. The number of para-hydroxylation sites is 1. The summed E-state index contributed by atoms with van der Waals surface area (Å²) < 4.78 is 51.2. The normalized spacial score (nSPS) is 12.0. The van der Waals surface area contributed by atoms with Crippen molar-refractivity contribution in [2.75, 3.05) is 24.9 Å². The van der Waals surface area contributed by atoms with E-state index in [1.807, 2.05) is 0 Å². The maximum atomic E-state index is 13.8. The van der Waals surface area contributed by atoms with Crippen molar-refractivity contribution >= 4 is 58.5 Å². The van der Waals surface area contributed by atoms with Crippen LogP contribution in [-0.2, 0) is 15.8 Å². The zero-order valence-corrected chi connectivity index (χ0v) is 29.2. The second kappa shape index (κ2) is 17.0. The first-order chi connectivity index (χ1) is 25.0. The molecule has 0 saturated heterocycles. The number of thioether (sulfide) groups is 1. The highest BCUT2D eigenvalue weighted by molar-refractivity contribution is 8.00. The number of methoxy groups -OCH3 is 2. The lowest BCUT2D eigenvalue weighted by Crippen LogP contribution is -2.30. The van der Waals surface area contributed by atoms with Gasteiger partial charge in [-0.25, -0.2) is 0 Å². The topological polar surface area (TPSA) is 106 Å². The van der Waals surface area contributed by atoms with Crippen molar-refractivity contribution in [3.05, 3.63) is 154 Å². The standard InChI is InChI=1S/C39H31ClF3N3O5S/c1-50-33-18-9-15-26(34(33)51-2)21-32(46-36(47)25-13-7-4-8-14-25)37(48)44-28-16-10-17-29(23-28)52-35(24-11-5-3-6-12-24)38(49)45-31-22-27(39(41,42)43)19-20-30(31)40/h3-23,35H,1-2H3,(H,44,48)(H,45,49)(H,46,47)/b32-21+. The Morgan fingerprint density at radius 3 is 2.15 bits per heavy atom. The zero-order valence-electron chi connectivity index (χ0n) is 27.7. The average Bonchev–Trinajstić information content (AvgIpc) is 3.14. The Hall–Kier alpha value is -5.72. The molecule has 3 N–H and O–H groups in total. The van der Waals surface area contributed by atoms with Gasteiger partial charge in [0.2, 0.25) is 5.91 Å². The molecule has 0 fully saturated rings. The number of alkyl halides is 3. The molecule has 3 amide bonds. The summed E-state index contributed by atoms with van der Waals surface area (Å²) in [5, 5.41) is 7.05. The molecule has 52 heavy (non-hydrogen) atoms. The first-order valence-corrected chi connectivity index (χ1v) is 16.8. The predicted octanol–water partition coefficient (Wildman–Crippen LogP) is 9.26. The van der Waals surface area contributed by atoms with E-state index in [2.05, 4.69) is 16.0 Å². The molecule has 0 aromatic heterocycles. The lowest BCUT2D eigenvalue weighted by molar-refractivity contribution is -0.137. The molecule has 266 valence electrons. The first kappa shape index (κ1) is 37.5. The Morgan fingerprint density at radius 1 is 0.788 bits per heavy atom. The third-order valence-electron chi connectivity index (χ3n) is 7.50. The highest BCUT2D eigenvalue weighted by Gasteiger charge is 2.32. The smallest absolute Gasteiger partial charge is 0.416 e. The molecule has 0 radical (unpaired) electrons. The Balaban J connectivity index is 1.43. The van der Waals surface area contributed by atoms with Gasteiger partial charge in [-0.2, -0.15) is 13.2 Å². The van der Waals surface area contributed by atoms with Gasteiger partial charge in [0.05, 0.1) is 30.5 Å². The predicted molar refractivity (Wildman–Crippen MR) is 197 cm³/mol. The minimum Gasteiger partial charge on any atom is -0.493 e. The van der Waals surface area contributed by atoms with Gasteiger partial charge in [-0.15, -0.1) is 11.8 Å². The van der Waals surface area contributed by atoms with Crippen LogP contribution < -0.4 is 25.4 Å². The van der Waals surface area contributed by atoms with Gasteiger partial charge in [-0.05, 0) is 66.2 Å². The fourth-order valence-corrected chi connectivity index (χ4v) is 6.25. The Bertz CT molecular complexity index is 2100. The monoisotopic (exact) mass is 745 g/mol. The average molecular weight is 746 g/mol. The van der Waals surface area contributed by atoms with Crippen LogP contribution >= 0.6 is 23.4 Å². The maximum Gasteiger partial charge on any atom is 0.416 e. The third kappa shape index (κ3) is 9.53. The van der Waals surface area contributed by atoms with E-state index in [0.29, 0.717) is 38.8 Å². The molecule has 5 rings (SSSR count). The largest absolute Gasteiger partial charge is 0.493 e. The second-order valence-electron chi connectivity index (χ2n) is 11.0. The summed E-state index contributed by atoms with van der Waals surface area (Å²) >= 11 is 7.28.